The van der Waals surface area contributed by atoms with Crippen LogP contribution in [0, 0.1) is 0 Å². The molecule has 2 heterocycles. The Morgan fingerprint density at radius 2 is 1.96 bits per heavy atom. The van der Waals surface area contributed by atoms with Gasteiger partial charge in [-0.15, -0.1) is 5.10 Å². The molecule has 0 N–H and O–H groups in total. The summed E-state index contributed by atoms with van der Waals surface area (Å²) < 4.78 is 2.67. The van der Waals surface area contributed by atoms with Crippen molar-refractivity contribution in [3.05, 3.63) is 45.8 Å². The number of tetrazole rings is 1. The minimum absolute atomic E-state index is 0.440. The molecule has 1 aliphatic rings. The van der Waals surface area contributed by atoms with Gasteiger partial charge in [0.15, 0.2) is 0 Å². The van der Waals surface area contributed by atoms with Crippen LogP contribution >= 0.6 is 39.3 Å². The number of halogens is 2. The predicted octanol–water partition coefficient (Wildman–Crippen LogP) is 3.90. The molecule has 2 aromatic heterocycles. The maximum atomic E-state index is 6.11. The highest BCUT2D eigenvalue weighted by molar-refractivity contribution is 9.10. The number of rotatable bonds is 4. The molecule has 3 aromatic rings. The third-order valence-corrected chi connectivity index (χ3v) is 4.92. The number of benzene rings is 1. The van der Waals surface area contributed by atoms with E-state index >= 15 is 0 Å². The van der Waals surface area contributed by atoms with Crippen LogP contribution in [0.15, 0.2) is 45.0 Å². The van der Waals surface area contributed by atoms with E-state index in [2.05, 4.69) is 41.4 Å². The maximum absolute atomic E-state index is 6.11. The van der Waals surface area contributed by atoms with Gasteiger partial charge in [0.05, 0.1) is 5.69 Å². The van der Waals surface area contributed by atoms with Crippen molar-refractivity contribution in [2.45, 2.75) is 28.9 Å². The SMILES string of the molecule is Clc1cc(Sc2nnnn2-c2ccc(Br)cc2)nc(C2CC2)n1. The molecule has 9 heteroatoms. The van der Waals surface area contributed by atoms with Gasteiger partial charge in [-0.25, -0.2) is 9.97 Å². The van der Waals surface area contributed by atoms with E-state index in [9.17, 15) is 0 Å². The molecule has 23 heavy (non-hydrogen) atoms. The number of aromatic nitrogens is 6. The van der Waals surface area contributed by atoms with Crippen molar-refractivity contribution in [3.63, 3.8) is 0 Å². The van der Waals surface area contributed by atoms with Crippen LogP contribution in [0.2, 0.25) is 5.15 Å². The summed E-state index contributed by atoms with van der Waals surface area (Å²) in [5.74, 6) is 1.25. The van der Waals surface area contributed by atoms with Gasteiger partial charge in [-0.3, -0.25) is 0 Å². The smallest absolute Gasteiger partial charge is 0.220 e. The fourth-order valence-corrected chi connectivity index (χ4v) is 3.39. The molecule has 116 valence electrons. The molecule has 1 saturated carbocycles. The van der Waals surface area contributed by atoms with Crippen molar-refractivity contribution in [3.8, 4) is 5.69 Å². The van der Waals surface area contributed by atoms with E-state index in [1.54, 1.807) is 10.7 Å². The fourth-order valence-electron chi connectivity index (χ4n) is 2.07. The molecule has 1 fully saturated rings. The molecule has 1 aliphatic carbocycles. The summed E-state index contributed by atoms with van der Waals surface area (Å²) >= 11 is 10.9. The van der Waals surface area contributed by atoms with Crippen molar-refractivity contribution in [1.82, 2.24) is 30.2 Å². The van der Waals surface area contributed by atoms with E-state index < -0.39 is 0 Å². The number of hydrogen-bond acceptors (Lipinski definition) is 6. The predicted molar refractivity (Wildman–Crippen MR) is 90.0 cm³/mol. The molecule has 6 nitrogen and oxygen atoms in total. The Bertz CT molecular complexity index is 849. The van der Waals surface area contributed by atoms with Crippen LogP contribution in [-0.4, -0.2) is 30.2 Å². The molecule has 0 atom stereocenters. The average molecular weight is 410 g/mol. The Hall–Kier alpha value is -1.51. The molecule has 4 rings (SSSR count). The first kappa shape index (κ1) is 15.0. The molecule has 0 aliphatic heterocycles. The first-order valence-corrected chi connectivity index (χ1v) is 8.94. The van der Waals surface area contributed by atoms with Crippen molar-refractivity contribution < 1.29 is 0 Å². The molecule has 0 unspecified atom stereocenters. The van der Waals surface area contributed by atoms with Gasteiger partial charge in [0.2, 0.25) is 5.16 Å². The topological polar surface area (TPSA) is 69.4 Å². The maximum Gasteiger partial charge on any atom is 0.220 e. The van der Waals surface area contributed by atoms with Gasteiger partial charge in [-0.05, 0) is 59.3 Å². The van der Waals surface area contributed by atoms with E-state index in [-0.39, 0.29) is 0 Å². The lowest BCUT2D eigenvalue weighted by Crippen LogP contribution is -2.00. The lowest BCUT2D eigenvalue weighted by molar-refractivity contribution is 0.755. The molecule has 0 bridgehead atoms. The zero-order valence-electron chi connectivity index (χ0n) is 11.7. The van der Waals surface area contributed by atoms with Gasteiger partial charge < -0.3 is 0 Å². The largest absolute Gasteiger partial charge is 0.226 e. The third-order valence-electron chi connectivity index (χ3n) is 3.34. The van der Waals surface area contributed by atoms with Crippen molar-refractivity contribution in [2.24, 2.45) is 0 Å². The zero-order valence-corrected chi connectivity index (χ0v) is 14.9. The van der Waals surface area contributed by atoms with E-state index in [1.807, 2.05) is 24.3 Å². The van der Waals surface area contributed by atoms with E-state index in [0.29, 0.717) is 16.2 Å². The molecule has 0 amide bonds. The summed E-state index contributed by atoms with van der Waals surface area (Å²) in [5.41, 5.74) is 0.878. The lowest BCUT2D eigenvalue weighted by atomic mass is 10.3. The second-order valence-corrected chi connectivity index (χ2v) is 7.40. The zero-order chi connectivity index (χ0) is 15.8. The summed E-state index contributed by atoms with van der Waals surface area (Å²) in [7, 11) is 0. The van der Waals surface area contributed by atoms with Crippen LogP contribution in [0.1, 0.15) is 24.6 Å². The molecule has 0 saturated heterocycles. The Kier molecular flexibility index (Phi) is 4.04. The minimum atomic E-state index is 0.440. The quantitative estimate of drug-likeness (QED) is 0.609. The van der Waals surface area contributed by atoms with Crippen LogP contribution in [0.3, 0.4) is 0 Å². The minimum Gasteiger partial charge on any atom is -0.226 e. The normalized spacial score (nSPS) is 14.2. The highest BCUT2D eigenvalue weighted by Crippen LogP contribution is 2.39. The van der Waals surface area contributed by atoms with Gasteiger partial charge in [-0.1, -0.05) is 27.5 Å². The Labute approximate surface area is 149 Å². The van der Waals surface area contributed by atoms with Gasteiger partial charge >= 0.3 is 0 Å². The van der Waals surface area contributed by atoms with E-state index in [1.165, 1.54) is 11.8 Å². The first-order chi connectivity index (χ1) is 11.2. The standard InChI is InChI=1S/C14H10BrClN6S/c15-9-3-5-10(6-4-9)22-14(19-20-21-22)23-12-7-11(16)17-13(18-12)8-1-2-8/h3-8H,1-2H2. The Morgan fingerprint density at radius 1 is 1.17 bits per heavy atom. The molecule has 0 spiro atoms. The average Bonchev–Trinajstić information content (AvgIpc) is 3.29. The first-order valence-electron chi connectivity index (χ1n) is 6.96. The second kappa shape index (κ2) is 6.18. The van der Waals surface area contributed by atoms with Gasteiger partial charge in [0, 0.05) is 16.5 Å². The molecule has 0 radical (unpaired) electrons. The van der Waals surface area contributed by atoms with Gasteiger partial charge in [0.25, 0.3) is 0 Å². The van der Waals surface area contributed by atoms with Crippen LogP contribution in [0.25, 0.3) is 5.69 Å². The van der Waals surface area contributed by atoms with E-state index in [0.717, 1.165) is 33.9 Å². The van der Waals surface area contributed by atoms with Crippen molar-refractivity contribution >= 4 is 39.3 Å². The summed E-state index contributed by atoms with van der Waals surface area (Å²) in [6, 6.07) is 9.50. The van der Waals surface area contributed by atoms with Crippen LogP contribution in [-0.2, 0) is 0 Å². The highest BCUT2D eigenvalue weighted by atomic mass is 79.9. The van der Waals surface area contributed by atoms with Crippen LogP contribution in [0.4, 0.5) is 0 Å². The Morgan fingerprint density at radius 3 is 2.70 bits per heavy atom. The molecule has 1 aromatic carbocycles. The summed E-state index contributed by atoms with van der Waals surface area (Å²) in [6.07, 6.45) is 2.25. The fraction of sp³-hybridized carbons (Fsp3) is 0.214. The van der Waals surface area contributed by atoms with Crippen molar-refractivity contribution in [2.75, 3.05) is 0 Å². The summed E-state index contributed by atoms with van der Waals surface area (Å²) in [4.78, 5) is 8.86. The van der Waals surface area contributed by atoms with Gasteiger partial charge in [-0.2, -0.15) is 4.68 Å². The Balaban J connectivity index is 1.65. The number of hydrogen-bond donors (Lipinski definition) is 0. The van der Waals surface area contributed by atoms with Crippen LogP contribution in [0.5, 0.6) is 0 Å². The van der Waals surface area contributed by atoms with Crippen LogP contribution < -0.4 is 0 Å². The van der Waals surface area contributed by atoms with E-state index in [4.69, 9.17) is 11.6 Å². The second-order valence-electron chi connectivity index (χ2n) is 5.11. The summed E-state index contributed by atoms with van der Waals surface area (Å²) in [5, 5.41) is 13.7. The van der Waals surface area contributed by atoms with Gasteiger partial charge in [0.1, 0.15) is 16.0 Å². The highest BCUT2D eigenvalue weighted by Gasteiger charge is 2.27. The third kappa shape index (κ3) is 3.39. The molecular formula is C14H10BrClN6S. The monoisotopic (exact) mass is 408 g/mol. The molecular weight excluding hydrogens is 400 g/mol. The lowest BCUT2D eigenvalue weighted by Gasteiger charge is -2.05. The number of nitrogens with zero attached hydrogens (tertiary/aromatic N) is 6. The van der Waals surface area contributed by atoms with Crippen molar-refractivity contribution in [1.29, 1.82) is 0 Å². The summed E-state index contributed by atoms with van der Waals surface area (Å²) in [6.45, 7) is 0.